The lowest BCUT2D eigenvalue weighted by Crippen LogP contribution is -2.30. The van der Waals surface area contributed by atoms with E-state index in [1.165, 1.54) is 18.3 Å². The van der Waals surface area contributed by atoms with Gasteiger partial charge in [0.1, 0.15) is 0 Å². The fraction of sp³-hybridized carbons (Fsp3) is 0.333. The van der Waals surface area contributed by atoms with Crippen LogP contribution in [0.15, 0.2) is 35.4 Å². The van der Waals surface area contributed by atoms with Crippen LogP contribution in [0.2, 0.25) is 5.02 Å². The van der Waals surface area contributed by atoms with Gasteiger partial charge < -0.3 is 15.2 Å². The van der Waals surface area contributed by atoms with Gasteiger partial charge in [0.15, 0.2) is 11.5 Å². The molecule has 3 rings (SSSR count). The highest BCUT2D eigenvalue weighted by molar-refractivity contribution is 6.32. The Balaban J connectivity index is 2.03. The molecule has 1 atom stereocenters. The van der Waals surface area contributed by atoms with Crippen molar-refractivity contribution in [3.05, 3.63) is 46.0 Å². The molecule has 1 aromatic rings. The van der Waals surface area contributed by atoms with Gasteiger partial charge in [0.05, 0.1) is 12.1 Å². The third-order valence-corrected chi connectivity index (χ3v) is 4.07. The second-order valence-electron chi connectivity index (χ2n) is 4.90. The first-order valence-corrected chi connectivity index (χ1v) is 6.74. The van der Waals surface area contributed by atoms with Crippen molar-refractivity contribution in [3.8, 4) is 11.5 Å². The molecule has 19 heavy (non-hydrogen) atoms. The summed E-state index contributed by atoms with van der Waals surface area (Å²) in [5, 5.41) is 13.8. The Hall–Kier alpha value is -1.45. The molecule has 1 unspecified atom stereocenters. The highest BCUT2D eigenvalue weighted by Crippen LogP contribution is 2.41. The van der Waals surface area contributed by atoms with Gasteiger partial charge in [-0.3, -0.25) is 0 Å². The van der Waals surface area contributed by atoms with E-state index in [-0.39, 0.29) is 11.7 Å². The first kappa shape index (κ1) is 12.6. The Kier molecular flexibility index (Phi) is 3.25. The lowest BCUT2D eigenvalue weighted by atomic mass is 9.86. The van der Waals surface area contributed by atoms with Crippen LogP contribution >= 0.6 is 11.6 Å². The Labute approximate surface area is 117 Å². The largest absolute Gasteiger partial charge is 0.504 e. The molecule has 0 fully saturated rings. The number of benzene rings is 1. The molecule has 100 valence electrons. The Bertz CT molecular complexity index is 555. The number of ether oxygens (including phenoxy) is 1. The van der Waals surface area contributed by atoms with E-state index in [0.29, 0.717) is 10.8 Å². The molecule has 2 aliphatic rings. The maximum atomic E-state index is 9.98. The molecule has 1 aliphatic carbocycles. The number of hydrogen-bond donors (Lipinski definition) is 2. The fourth-order valence-corrected chi connectivity index (χ4v) is 3.18. The van der Waals surface area contributed by atoms with Gasteiger partial charge in [0.2, 0.25) is 0 Å². The second kappa shape index (κ2) is 4.91. The molecule has 0 bridgehead atoms. The number of hydrogen-bond acceptors (Lipinski definition) is 3. The van der Waals surface area contributed by atoms with Crippen molar-refractivity contribution in [1.82, 2.24) is 5.32 Å². The maximum Gasteiger partial charge on any atom is 0.179 e. The zero-order valence-electron chi connectivity index (χ0n) is 10.7. The molecule has 0 radical (unpaired) electrons. The summed E-state index contributed by atoms with van der Waals surface area (Å²) < 4.78 is 5.08. The zero-order valence-corrected chi connectivity index (χ0v) is 11.5. The average molecular weight is 278 g/mol. The molecular weight excluding hydrogens is 262 g/mol. The van der Waals surface area contributed by atoms with Crippen molar-refractivity contribution in [2.75, 3.05) is 20.2 Å². The number of methoxy groups -OCH3 is 1. The van der Waals surface area contributed by atoms with Crippen LogP contribution in [-0.4, -0.2) is 25.3 Å². The van der Waals surface area contributed by atoms with Crippen LogP contribution in [0.1, 0.15) is 17.9 Å². The normalized spacial score (nSPS) is 21.7. The van der Waals surface area contributed by atoms with Crippen molar-refractivity contribution < 1.29 is 9.84 Å². The molecule has 4 heteroatoms. The first-order valence-electron chi connectivity index (χ1n) is 6.36. The third kappa shape index (κ3) is 2.13. The summed E-state index contributed by atoms with van der Waals surface area (Å²) in [6, 6.07) is 3.63. The van der Waals surface area contributed by atoms with Gasteiger partial charge in [-0.25, -0.2) is 0 Å². The summed E-state index contributed by atoms with van der Waals surface area (Å²) in [4.78, 5) is 0. The van der Waals surface area contributed by atoms with Crippen molar-refractivity contribution in [1.29, 1.82) is 0 Å². The number of halogens is 1. The molecule has 0 saturated heterocycles. The van der Waals surface area contributed by atoms with E-state index in [2.05, 4.69) is 17.5 Å². The molecule has 1 aliphatic heterocycles. The van der Waals surface area contributed by atoms with Crippen LogP contribution in [0.25, 0.3) is 0 Å². The summed E-state index contributed by atoms with van der Waals surface area (Å²) in [5.74, 6) is 0.682. The van der Waals surface area contributed by atoms with Gasteiger partial charge in [0.25, 0.3) is 0 Å². The van der Waals surface area contributed by atoms with Gasteiger partial charge >= 0.3 is 0 Å². The number of phenols is 1. The first-order chi connectivity index (χ1) is 9.20. The molecule has 0 saturated carbocycles. The topological polar surface area (TPSA) is 41.5 Å². The summed E-state index contributed by atoms with van der Waals surface area (Å²) in [6.07, 6.45) is 5.40. The van der Waals surface area contributed by atoms with E-state index in [1.807, 2.05) is 6.07 Å². The van der Waals surface area contributed by atoms with Crippen molar-refractivity contribution >= 4 is 11.6 Å². The third-order valence-electron chi connectivity index (χ3n) is 3.78. The smallest absolute Gasteiger partial charge is 0.179 e. The number of phenolic OH excluding ortho intramolecular Hbond substituents is 1. The molecule has 1 heterocycles. The van der Waals surface area contributed by atoms with Gasteiger partial charge in [-0.05, 0) is 35.3 Å². The fourth-order valence-electron chi connectivity index (χ4n) is 2.88. The number of allylic oxidation sites excluding steroid dienone is 2. The number of rotatable bonds is 2. The molecule has 0 amide bonds. The lowest BCUT2D eigenvalue weighted by Gasteiger charge is -2.26. The zero-order chi connectivity index (χ0) is 13.4. The lowest BCUT2D eigenvalue weighted by molar-refractivity contribution is 0.373. The van der Waals surface area contributed by atoms with Gasteiger partial charge in [-0.1, -0.05) is 23.8 Å². The minimum absolute atomic E-state index is 0.0969. The van der Waals surface area contributed by atoms with Crippen molar-refractivity contribution in [2.45, 2.75) is 12.3 Å². The maximum absolute atomic E-state index is 9.98. The standard InChI is InChI=1S/C15H16ClNO2/c1-19-15-13(16)5-10(6-14(15)18)12-8-17-7-9-3-2-4-11(9)12/h2,4-6,12,17-18H,3,7-8H2,1H3. The van der Waals surface area contributed by atoms with E-state index in [1.54, 1.807) is 6.07 Å². The van der Waals surface area contributed by atoms with Crippen LogP contribution in [-0.2, 0) is 0 Å². The minimum atomic E-state index is 0.0969. The van der Waals surface area contributed by atoms with Gasteiger partial charge in [-0.2, -0.15) is 0 Å². The van der Waals surface area contributed by atoms with E-state index in [4.69, 9.17) is 16.3 Å². The Morgan fingerprint density at radius 1 is 1.42 bits per heavy atom. The van der Waals surface area contributed by atoms with Crippen LogP contribution in [0.5, 0.6) is 11.5 Å². The van der Waals surface area contributed by atoms with E-state index >= 15 is 0 Å². The summed E-state index contributed by atoms with van der Waals surface area (Å²) in [7, 11) is 1.50. The van der Waals surface area contributed by atoms with Crippen LogP contribution in [0.3, 0.4) is 0 Å². The summed E-state index contributed by atoms with van der Waals surface area (Å²) in [5.41, 5.74) is 3.82. The highest BCUT2D eigenvalue weighted by atomic mass is 35.5. The van der Waals surface area contributed by atoms with Gasteiger partial charge in [-0.15, -0.1) is 0 Å². The molecule has 0 aromatic heterocycles. The monoisotopic (exact) mass is 277 g/mol. The second-order valence-corrected chi connectivity index (χ2v) is 5.31. The molecular formula is C15H16ClNO2. The molecule has 2 N–H and O–H groups in total. The Morgan fingerprint density at radius 3 is 3.00 bits per heavy atom. The van der Waals surface area contributed by atoms with Gasteiger partial charge in [0, 0.05) is 19.0 Å². The quantitative estimate of drug-likeness (QED) is 0.873. The van der Waals surface area contributed by atoms with E-state index in [9.17, 15) is 5.11 Å². The number of nitrogens with one attached hydrogen (secondary N) is 1. The summed E-state index contributed by atoms with van der Waals surface area (Å²) in [6.45, 7) is 1.82. The predicted octanol–water partition coefficient (Wildman–Crippen LogP) is 3.00. The SMILES string of the molecule is COc1c(O)cc(C2CNCC3=C2C=CC3)cc1Cl. The van der Waals surface area contributed by atoms with Crippen molar-refractivity contribution in [2.24, 2.45) is 0 Å². The summed E-state index contributed by atoms with van der Waals surface area (Å²) >= 11 is 6.16. The average Bonchev–Trinajstić information content (AvgIpc) is 2.86. The predicted molar refractivity (Wildman–Crippen MR) is 76.1 cm³/mol. The molecule has 1 aromatic carbocycles. The van der Waals surface area contributed by atoms with E-state index in [0.717, 1.165) is 25.1 Å². The molecule has 0 spiro atoms. The van der Waals surface area contributed by atoms with Crippen LogP contribution < -0.4 is 10.1 Å². The minimum Gasteiger partial charge on any atom is -0.504 e. The number of aromatic hydroxyl groups is 1. The highest BCUT2D eigenvalue weighted by Gasteiger charge is 2.26. The van der Waals surface area contributed by atoms with E-state index < -0.39 is 0 Å². The van der Waals surface area contributed by atoms with Crippen molar-refractivity contribution in [3.63, 3.8) is 0 Å². The Morgan fingerprint density at radius 2 is 2.26 bits per heavy atom. The van der Waals surface area contributed by atoms with Crippen LogP contribution in [0, 0.1) is 0 Å². The molecule has 3 nitrogen and oxygen atoms in total. The van der Waals surface area contributed by atoms with Crippen LogP contribution in [0.4, 0.5) is 0 Å².